The molecule has 1 aromatic heterocycles. The van der Waals surface area contributed by atoms with E-state index in [0.29, 0.717) is 12.2 Å². The Morgan fingerprint density at radius 3 is 2.76 bits per heavy atom. The number of hydrogen-bond donors (Lipinski definition) is 2. The zero-order valence-electron chi connectivity index (χ0n) is 12.4. The molecule has 6 heteroatoms. The summed E-state index contributed by atoms with van der Waals surface area (Å²) in [6.45, 7) is 4.33. The molecule has 0 aliphatic heterocycles. The summed E-state index contributed by atoms with van der Waals surface area (Å²) in [5.41, 5.74) is 7.31. The van der Waals surface area contributed by atoms with E-state index in [0.717, 1.165) is 5.56 Å². The Balaban J connectivity index is 2.30. The summed E-state index contributed by atoms with van der Waals surface area (Å²) < 4.78 is 1.52. The van der Waals surface area contributed by atoms with E-state index in [4.69, 9.17) is 5.73 Å². The summed E-state index contributed by atoms with van der Waals surface area (Å²) in [6.07, 6.45) is 1.61. The first-order chi connectivity index (χ1) is 9.93. The molecule has 0 aliphatic rings. The largest absolute Gasteiger partial charge is 0.508 e. The molecule has 2 rings (SSSR count). The van der Waals surface area contributed by atoms with E-state index in [1.54, 1.807) is 36.3 Å². The summed E-state index contributed by atoms with van der Waals surface area (Å²) in [6, 6.07) is 6.71. The van der Waals surface area contributed by atoms with Crippen molar-refractivity contribution in [1.29, 1.82) is 0 Å². The Morgan fingerprint density at radius 2 is 2.24 bits per heavy atom. The number of hydrogen-bond acceptors (Lipinski definition) is 4. The second-order valence-electron chi connectivity index (χ2n) is 4.97. The van der Waals surface area contributed by atoms with Crippen molar-refractivity contribution in [1.82, 2.24) is 14.7 Å². The minimum absolute atomic E-state index is 0.181. The van der Waals surface area contributed by atoms with Gasteiger partial charge in [-0.2, -0.15) is 5.10 Å². The number of phenols is 1. The van der Waals surface area contributed by atoms with Crippen LogP contribution in [0.2, 0.25) is 0 Å². The van der Waals surface area contributed by atoms with Crippen molar-refractivity contribution >= 4 is 11.6 Å². The van der Waals surface area contributed by atoms with E-state index in [1.807, 2.05) is 19.9 Å². The zero-order valence-corrected chi connectivity index (χ0v) is 12.4. The van der Waals surface area contributed by atoms with Gasteiger partial charge in [-0.25, -0.2) is 0 Å². The normalized spacial score (nSPS) is 12.1. The summed E-state index contributed by atoms with van der Waals surface area (Å²) in [7, 11) is 1.72. The van der Waals surface area contributed by atoms with Gasteiger partial charge in [0.25, 0.3) is 5.91 Å². The van der Waals surface area contributed by atoms with Crippen molar-refractivity contribution in [3.05, 3.63) is 41.7 Å². The second kappa shape index (κ2) is 5.87. The SMILES string of the molecule is CCN(C(=O)c1nn(C)cc1N)C(C)c1cccc(O)c1. The molecule has 0 aliphatic carbocycles. The number of nitrogens with two attached hydrogens (primary N) is 1. The van der Waals surface area contributed by atoms with Crippen molar-refractivity contribution in [2.24, 2.45) is 7.05 Å². The average molecular weight is 288 g/mol. The lowest BCUT2D eigenvalue weighted by atomic mass is 10.1. The summed E-state index contributed by atoms with van der Waals surface area (Å²) >= 11 is 0. The fourth-order valence-corrected chi connectivity index (χ4v) is 2.37. The minimum Gasteiger partial charge on any atom is -0.508 e. The van der Waals surface area contributed by atoms with Gasteiger partial charge in [-0.1, -0.05) is 12.1 Å². The Bertz CT molecular complexity index is 651. The monoisotopic (exact) mass is 288 g/mol. The Labute approximate surface area is 123 Å². The molecule has 112 valence electrons. The lowest BCUT2D eigenvalue weighted by Gasteiger charge is -2.28. The Morgan fingerprint density at radius 1 is 1.52 bits per heavy atom. The van der Waals surface area contributed by atoms with E-state index in [-0.39, 0.29) is 23.4 Å². The number of phenolic OH excluding ortho intramolecular Hbond substituents is 1. The van der Waals surface area contributed by atoms with Crippen molar-refractivity contribution < 1.29 is 9.90 Å². The average Bonchev–Trinajstić information content (AvgIpc) is 2.78. The molecule has 21 heavy (non-hydrogen) atoms. The van der Waals surface area contributed by atoms with Gasteiger partial charge in [0.05, 0.1) is 11.7 Å². The number of nitrogens with zero attached hydrogens (tertiary/aromatic N) is 3. The van der Waals surface area contributed by atoms with Gasteiger partial charge in [-0.05, 0) is 31.5 Å². The molecule has 2 aromatic rings. The molecule has 1 heterocycles. The van der Waals surface area contributed by atoms with Crippen LogP contribution in [0, 0.1) is 0 Å². The molecule has 1 unspecified atom stereocenters. The van der Waals surface area contributed by atoms with E-state index < -0.39 is 0 Å². The fourth-order valence-electron chi connectivity index (χ4n) is 2.37. The van der Waals surface area contributed by atoms with Crippen LogP contribution in [0.3, 0.4) is 0 Å². The van der Waals surface area contributed by atoms with Crippen molar-refractivity contribution in [2.75, 3.05) is 12.3 Å². The lowest BCUT2D eigenvalue weighted by Crippen LogP contribution is -2.34. The van der Waals surface area contributed by atoms with Gasteiger partial charge in [0.15, 0.2) is 5.69 Å². The highest BCUT2D eigenvalue weighted by Crippen LogP contribution is 2.25. The number of carbonyl (C=O) groups excluding carboxylic acids is 1. The second-order valence-corrected chi connectivity index (χ2v) is 4.97. The van der Waals surface area contributed by atoms with E-state index >= 15 is 0 Å². The van der Waals surface area contributed by atoms with Crippen molar-refractivity contribution in [2.45, 2.75) is 19.9 Å². The van der Waals surface area contributed by atoms with Crippen molar-refractivity contribution in [3.8, 4) is 5.75 Å². The number of aromatic nitrogens is 2. The lowest BCUT2D eigenvalue weighted by molar-refractivity contribution is 0.0696. The van der Waals surface area contributed by atoms with E-state index in [9.17, 15) is 9.90 Å². The van der Waals surface area contributed by atoms with Gasteiger partial charge in [0.2, 0.25) is 0 Å². The molecule has 0 saturated carbocycles. The maximum atomic E-state index is 12.6. The van der Waals surface area contributed by atoms with E-state index in [1.165, 1.54) is 4.68 Å². The molecule has 0 saturated heterocycles. The first-order valence-electron chi connectivity index (χ1n) is 6.83. The highest BCUT2D eigenvalue weighted by Gasteiger charge is 2.25. The van der Waals surface area contributed by atoms with Crippen LogP contribution in [0.4, 0.5) is 5.69 Å². The Kier molecular flexibility index (Phi) is 4.16. The van der Waals surface area contributed by atoms with Crippen LogP contribution < -0.4 is 5.73 Å². The summed E-state index contributed by atoms with van der Waals surface area (Å²) in [4.78, 5) is 14.3. The predicted octanol–water partition coefficient (Wildman–Crippen LogP) is 1.93. The van der Waals surface area contributed by atoms with Gasteiger partial charge in [-0.3, -0.25) is 9.48 Å². The van der Waals surface area contributed by atoms with Crippen LogP contribution in [0.5, 0.6) is 5.75 Å². The molecule has 0 spiro atoms. The van der Waals surface area contributed by atoms with Crippen LogP contribution in [-0.2, 0) is 7.05 Å². The maximum absolute atomic E-state index is 12.6. The Hall–Kier alpha value is -2.50. The third-order valence-corrected chi connectivity index (χ3v) is 3.48. The van der Waals surface area contributed by atoms with Crippen LogP contribution in [0.1, 0.15) is 35.9 Å². The van der Waals surface area contributed by atoms with Crippen molar-refractivity contribution in [3.63, 3.8) is 0 Å². The number of anilines is 1. The summed E-state index contributed by atoms with van der Waals surface area (Å²) in [5, 5.41) is 13.7. The van der Waals surface area contributed by atoms with Crippen LogP contribution >= 0.6 is 0 Å². The summed E-state index contributed by atoms with van der Waals surface area (Å²) in [5.74, 6) is -0.0355. The van der Waals surface area contributed by atoms with Gasteiger partial charge >= 0.3 is 0 Å². The van der Waals surface area contributed by atoms with Gasteiger partial charge in [-0.15, -0.1) is 0 Å². The smallest absolute Gasteiger partial charge is 0.277 e. The first-order valence-corrected chi connectivity index (χ1v) is 6.83. The predicted molar refractivity (Wildman–Crippen MR) is 80.9 cm³/mol. The molecular formula is C15H20N4O2. The van der Waals surface area contributed by atoms with Crippen LogP contribution in [0.15, 0.2) is 30.5 Å². The number of rotatable bonds is 4. The number of aryl methyl sites for hydroxylation is 1. The molecule has 0 bridgehead atoms. The zero-order chi connectivity index (χ0) is 15.6. The molecule has 1 atom stereocenters. The number of amides is 1. The standard InChI is InChI=1S/C15H20N4O2/c1-4-19(10(2)11-6-5-7-12(20)8-11)15(21)14-13(16)9-18(3)17-14/h5-10,20H,4,16H2,1-3H3. The molecule has 1 amide bonds. The molecular weight excluding hydrogens is 268 g/mol. The highest BCUT2D eigenvalue weighted by atomic mass is 16.3. The van der Waals surface area contributed by atoms with Crippen LogP contribution in [0.25, 0.3) is 0 Å². The highest BCUT2D eigenvalue weighted by molar-refractivity contribution is 5.97. The van der Waals surface area contributed by atoms with Gasteiger partial charge < -0.3 is 15.7 Å². The molecule has 6 nitrogen and oxygen atoms in total. The number of nitrogen functional groups attached to an aromatic ring is 1. The minimum atomic E-state index is -0.216. The molecule has 0 fully saturated rings. The maximum Gasteiger partial charge on any atom is 0.277 e. The molecule has 3 N–H and O–H groups in total. The van der Waals surface area contributed by atoms with Gasteiger partial charge in [0.1, 0.15) is 5.75 Å². The number of aromatic hydroxyl groups is 1. The van der Waals surface area contributed by atoms with E-state index in [2.05, 4.69) is 5.10 Å². The fraction of sp³-hybridized carbons (Fsp3) is 0.333. The quantitative estimate of drug-likeness (QED) is 0.900. The van der Waals surface area contributed by atoms with Gasteiger partial charge in [0, 0.05) is 19.8 Å². The number of benzene rings is 1. The topological polar surface area (TPSA) is 84.4 Å². The number of carbonyl (C=O) groups is 1. The third-order valence-electron chi connectivity index (χ3n) is 3.48. The third kappa shape index (κ3) is 2.99. The van der Waals surface area contributed by atoms with Crippen LogP contribution in [-0.4, -0.2) is 32.2 Å². The molecule has 1 aromatic carbocycles. The first kappa shape index (κ1) is 14.9. The molecule has 0 radical (unpaired) electrons.